The highest BCUT2D eigenvalue weighted by atomic mass is 15.1. The molecular formula is C13H18N4. The fourth-order valence-corrected chi connectivity index (χ4v) is 2.23. The first-order valence-corrected chi connectivity index (χ1v) is 6.25. The average molecular weight is 230 g/mol. The smallest absolute Gasteiger partial charge is 0.223 e. The number of nitrogens with one attached hydrogen (secondary N) is 1. The minimum absolute atomic E-state index is 0.355. The first-order chi connectivity index (χ1) is 8.29. The molecule has 2 rings (SSSR count). The van der Waals surface area contributed by atoms with Gasteiger partial charge < -0.3 is 5.32 Å². The van der Waals surface area contributed by atoms with Gasteiger partial charge in [0.2, 0.25) is 5.95 Å². The molecule has 0 aliphatic heterocycles. The standard InChI is InChI=1S/C13H18N4/c1-10-9-15-13(17-12(10)7-8-14)16-11-5-3-2-4-6-11/h9,11H,2-7H2,1H3,(H,15,16,17). The molecule has 4 heteroatoms. The summed E-state index contributed by atoms with van der Waals surface area (Å²) < 4.78 is 0. The fourth-order valence-electron chi connectivity index (χ4n) is 2.23. The minimum atomic E-state index is 0.355. The van der Waals surface area contributed by atoms with Crippen LogP contribution in [-0.4, -0.2) is 16.0 Å². The van der Waals surface area contributed by atoms with Crippen molar-refractivity contribution < 1.29 is 0 Å². The van der Waals surface area contributed by atoms with Crippen LogP contribution in [0.25, 0.3) is 0 Å². The van der Waals surface area contributed by atoms with E-state index in [9.17, 15) is 0 Å². The summed E-state index contributed by atoms with van der Waals surface area (Å²) >= 11 is 0. The van der Waals surface area contributed by atoms with Crippen molar-refractivity contribution in [1.29, 1.82) is 5.26 Å². The van der Waals surface area contributed by atoms with E-state index in [1.165, 1.54) is 32.1 Å². The van der Waals surface area contributed by atoms with Crippen molar-refractivity contribution >= 4 is 5.95 Å². The molecule has 1 saturated carbocycles. The number of nitrogens with zero attached hydrogens (tertiary/aromatic N) is 3. The fraction of sp³-hybridized carbons (Fsp3) is 0.615. The second kappa shape index (κ2) is 5.62. The van der Waals surface area contributed by atoms with Gasteiger partial charge in [0.1, 0.15) is 0 Å². The van der Waals surface area contributed by atoms with E-state index in [2.05, 4.69) is 21.4 Å². The molecule has 0 atom stereocenters. The molecule has 0 radical (unpaired) electrons. The summed E-state index contributed by atoms with van der Waals surface area (Å²) in [5.41, 5.74) is 1.82. The maximum atomic E-state index is 8.73. The van der Waals surface area contributed by atoms with Gasteiger partial charge in [-0.2, -0.15) is 5.26 Å². The first-order valence-electron chi connectivity index (χ1n) is 6.25. The second-order valence-corrected chi connectivity index (χ2v) is 4.64. The van der Waals surface area contributed by atoms with Crippen LogP contribution in [0, 0.1) is 18.3 Å². The molecule has 1 fully saturated rings. The molecule has 1 aliphatic rings. The molecule has 1 heterocycles. The molecule has 1 aliphatic carbocycles. The number of rotatable bonds is 3. The molecule has 1 aromatic heterocycles. The normalized spacial score (nSPS) is 16.5. The predicted octanol–water partition coefficient (Wildman–Crippen LogP) is 2.60. The Morgan fingerprint density at radius 3 is 2.88 bits per heavy atom. The third-order valence-electron chi connectivity index (χ3n) is 3.26. The van der Waals surface area contributed by atoms with Gasteiger partial charge in [0.15, 0.2) is 0 Å². The van der Waals surface area contributed by atoms with Crippen LogP contribution in [0.4, 0.5) is 5.95 Å². The van der Waals surface area contributed by atoms with Crippen molar-refractivity contribution in [3.63, 3.8) is 0 Å². The Kier molecular flexibility index (Phi) is 3.92. The topological polar surface area (TPSA) is 61.6 Å². The lowest BCUT2D eigenvalue weighted by molar-refractivity contribution is 0.460. The second-order valence-electron chi connectivity index (χ2n) is 4.64. The monoisotopic (exact) mass is 230 g/mol. The van der Waals surface area contributed by atoms with Gasteiger partial charge in [0.25, 0.3) is 0 Å². The van der Waals surface area contributed by atoms with Crippen molar-refractivity contribution in [1.82, 2.24) is 9.97 Å². The number of aryl methyl sites for hydroxylation is 1. The molecule has 4 nitrogen and oxygen atoms in total. The zero-order chi connectivity index (χ0) is 12.1. The van der Waals surface area contributed by atoms with Crippen molar-refractivity contribution in [3.8, 4) is 6.07 Å². The number of hydrogen-bond acceptors (Lipinski definition) is 4. The molecule has 90 valence electrons. The number of anilines is 1. The van der Waals surface area contributed by atoms with Crippen LogP contribution in [0.15, 0.2) is 6.20 Å². The zero-order valence-corrected chi connectivity index (χ0v) is 10.2. The molecule has 0 saturated heterocycles. The van der Waals surface area contributed by atoms with Crippen LogP contribution < -0.4 is 5.32 Å². The summed E-state index contributed by atoms with van der Waals surface area (Å²) in [4.78, 5) is 8.70. The molecule has 0 spiro atoms. The molecule has 1 N–H and O–H groups in total. The summed E-state index contributed by atoms with van der Waals surface area (Å²) in [6.45, 7) is 1.94. The Morgan fingerprint density at radius 2 is 2.18 bits per heavy atom. The summed E-state index contributed by atoms with van der Waals surface area (Å²) in [6.07, 6.45) is 8.46. The van der Waals surface area contributed by atoms with E-state index in [-0.39, 0.29) is 0 Å². The quantitative estimate of drug-likeness (QED) is 0.867. The van der Waals surface area contributed by atoms with E-state index in [1.54, 1.807) is 6.20 Å². The van der Waals surface area contributed by atoms with E-state index >= 15 is 0 Å². The van der Waals surface area contributed by atoms with Crippen molar-refractivity contribution in [2.45, 2.75) is 51.5 Å². The van der Waals surface area contributed by atoms with Crippen molar-refractivity contribution in [2.24, 2.45) is 0 Å². The Morgan fingerprint density at radius 1 is 1.41 bits per heavy atom. The number of hydrogen-bond donors (Lipinski definition) is 1. The maximum Gasteiger partial charge on any atom is 0.223 e. The van der Waals surface area contributed by atoms with Crippen LogP contribution in [0.2, 0.25) is 0 Å². The average Bonchev–Trinajstić information content (AvgIpc) is 2.35. The highest BCUT2D eigenvalue weighted by molar-refractivity contribution is 5.31. The van der Waals surface area contributed by atoms with E-state index in [4.69, 9.17) is 5.26 Å². The first kappa shape index (κ1) is 11.8. The third-order valence-corrected chi connectivity index (χ3v) is 3.26. The highest BCUT2D eigenvalue weighted by Gasteiger charge is 2.14. The SMILES string of the molecule is Cc1cnc(NC2CCCCC2)nc1CC#N. The molecule has 1 aromatic rings. The Hall–Kier alpha value is -1.63. The third kappa shape index (κ3) is 3.16. The predicted molar refractivity (Wildman–Crippen MR) is 66.6 cm³/mol. The van der Waals surface area contributed by atoms with Gasteiger partial charge in [-0.3, -0.25) is 0 Å². The lowest BCUT2D eigenvalue weighted by atomic mass is 9.96. The summed E-state index contributed by atoms with van der Waals surface area (Å²) in [5, 5.41) is 12.1. The van der Waals surface area contributed by atoms with Gasteiger partial charge >= 0.3 is 0 Å². The van der Waals surface area contributed by atoms with Gasteiger partial charge in [-0.25, -0.2) is 9.97 Å². The zero-order valence-electron chi connectivity index (χ0n) is 10.2. The van der Waals surface area contributed by atoms with E-state index in [0.717, 1.165) is 11.3 Å². The highest BCUT2D eigenvalue weighted by Crippen LogP contribution is 2.20. The molecule has 0 amide bonds. The molecule has 17 heavy (non-hydrogen) atoms. The Balaban J connectivity index is 2.05. The maximum absolute atomic E-state index is 8.73. The van der Waals surface area contributed by atoms with Crippen LogP contribution in [-0.2, 0) is 6.42 Å². The van der Waals surface area contributed by atoms with Crippen LogP contribution in [0.3, 0.4) is 0 Å². The minimum Gasteiger partial charge on any atom is -0.351 e. The lowest BCUT2D eigenvalue weighted by Gasteiger charge is -2.22. The molecular weight excluding hydrogens is 212 g/mol. The largest absolute Gasteiger partial charge is 0.351 e. The molecule has 0 aromatic carbocycles. The Bertz CT molecular complexity index is 416. The van der Waals surface area contributed by atoms with E-state index < -0.39 is 0 Å². The van der Waals surface area contributed by atoms with Gasteiger partial charge in [0, 0.05) is 12.2 Å². The van der Waals surface area contributed by atoms with Crippen molar-refractivity contribution in [3.05, 3.63) is 17.5 Å². The van der Waals surface area contributed by atoms with E-state index in [1.807, 2.05) is 6.92 Å². The van der Waals surface area contributed by atoms with Crippen molar-refractivity contribution in [2.75, 3.05) is 5.32 Å². The lowest BCUT2D eigenvalue weighted by Crippen LogP contribution is -2.23. The van der Waals surface area contributed by atoms with Crippen LogP contribution in [0.1, 0.15) is 43.4 Å². The van der Waals surface area contributed by atoms with Crippen LogP contribution >= 0.6 is 0 Å². The van der Waals surface area contributed by atoms with Gasteiger partial charge in [-0.05, 0) is 25.3 Å². The Labute approximate surface area is 102 Å². The number of nitriles is 1. The summed E-state index contributed by atoms with van der Waals surface area (Å²) in [5.74, 6) is 0.674. The number of aromatic nitrogens is 2. The van der Waals surface area contributed by atoms with Crippen LogP contribution in [0.5, 0.6) is 0 Å². The molecule has 0 unspecified atom stereocenters. The van der Waals surface area contributed by atoms with Gasteiger partial charge in [0.05, 0.1) is 18.2 Å². The van der Waals surface area contributed by atoms with E-state index in [0.29, 0.717) is 18.4 Å². The summed E-state index contributed by atoms with van der Waals surface area (Å²) in [7, 11) is 0. The summed E-state index contributed by atoms with van der Waals surface area (Å²) in [6, 6.07) is 2.64. The molecule has 0 bridgehead atoms. The van der Waals surface area contributed by atoms with Gasteiger partial charge in [-0.1, -0.05) is 19.3 Å². The van der Waals surface area contributed by atoms with Gasteiger partial charge in [-0.15, -0.1) is 0 Å².